The van der Waals surface area contributed by atoms with Gasteiger partial charge in [0.25, 0.3) is 5.91 Å². The number of carbonyl (C=O) groups is 2. The van der Waals surface area contributed by atoms with E-state index in [1.54, 1.807) is 30.3 Å². The molecule has 1 aliphatic rings. The molecule has 192 valence electrons. The molecule has 1 heterocycles. The first kappa shape index (κ1) is 25.5. The van der Waals surface area contributed by atoms with Crippen LogP contribution in [0.1, 0.15) is 23.6 Å². The Balaban J connectivity index is 1.46. The predicted molar refractivity (Wildman–Crippen MR) is 127 cm³/mol. The number of hydrogen-bond acceptors (Lipinski definition) is 6. The van der Waals surface area contributed by atoms with Gasteiger partial charge >= 0.3 is 12.6 Å². The highest BCUT2D eigenvalue weighted by Gasteiger charge is 2.49. The van der Waals surface area contributed by atoms with E-state index in [1.807, 2.05) is 0 Å². The third kappa shape index (κ3) is 5.66. The topological polar surface area (TPSA) is 89.5 Å². The number of nitrogens with one attached hydrogen (secondary N) is 1. The molecule has 4 rings (SSSR count). The quantitative estimate of drug-likeness (QED) is 0.328. The molecule has 0 aromatic heterocycles. The van der Waals surface area contributed by atoms with E-state index in [0.717, 1.165) is 5.56 Å². The minimum Gasteiger partial charge on any atom is -0.493 e. The van der Waals surface area contributed by atoms with Gasteiger partial charge in [0.2, 0.25) is 0 Å². The number of ether oxygens (including phenoxy) is 3. The number of urea groups is 1. The Kier molecular flexibility index (Phi) is 7.32. The van der Waals surface area contributed by atoms with Crippen LogP contribution in [0.15, 0.2) is 71.8 Å². The van der Waals surface area contributed by atoms with E-state index in [-0.39, 0.29) is 18.2 Å². The van der Waals surface area contributed by atoms with Gasteiger partial charge in [0.15, 0.2) is 11.5 Å². The van der Waals surface area contributed by atoms with Crippen molar-refractivity contribution in [3.8, 4) is 17.2 Å². The lowest BCUT2D eigenvalue weighted by molar-refractivity contribution is -0.131. The number of methoxy groups -OCH3 is 1. The first-order valence-corrected chi connectivity index (χ1v) is 11.0. The van der Waals surface area contributed by atoms with E-state index in [2.05, 4.69) is 15.2 Å². The van der Waals surface area contributed by atoms with Crippen molar-refractivity contribution in [1.29, 1.82) is 0 Å². The van der Waals surface area contributed by atoms with Crippen molar-refractivity contribution >= 4 is 18.2 Å². The van der Waals surface area contributed by atoms with Gasteiger partial charge in [-0.1, -0.05) is 24.3 Å². The summed E-state index contributed by atoms with van der Waals surface area (Å²) in [5.74, 6) is -0.242. The maximum Gasteiger partial charge on any atom is 0.387 e. The van der Waals surface area contributed by atoms with Gasteiger partial charge in [0, 0.05) is 0 Å². The highest BCUT2D eigenvalue weighted by atomic mass is 19.3. The SMILES string of the molecule is COc1cc(/C=N\N2C(=O)N[C@](C)(c3ccc(OC(F)F)cc3)C2=O)ccc1OCc1ccc(F)cc1. The molecule has 0 radical (unpaired) electrons. The average molecular weight is 513 g/mol. The smallest absolute Gasteiger partial charge is 0.387 e. The van der Waals surface area contributed by atoms with E-state index >= 15 is 0 Å². The molecule has 8 nitrogen and oxygen atoms in total. The lowest BCUT2D eigenvalue weighted by Crippen LogP contribution is -2.40. The summed E-state index contributed by atoms with van der Waals surface area (Å²) in [4.78, 5) is 25.6. The lowest BCUT2D eigenvalue weighted by atomic mass is 9.92. The molecule has 1 N–H and O–H groups in total. The molecule has 1 saturated heterocycles. The maximum atomic E-state index is 13.1. The summed E-state index contributed by atoms with van der Waals surface area (Å²) in [5, 5.41) is 7.30. The molecule has 1 atom stereocenters. The van der Waals surface area contributed by atoms with Crippen LogP contribution in [0.25, 0.3) is 0 Å². The summed E-state index contributed by atoms with van der Waals surface area (Å²) in [5.41, 5.74) is 0.211. The van der Waals surface area contributed by atoms with Gasteiger partial charge in [0.05, 0.1) is 13.3 Å². The van der Waals surface area contributed by atoms with Gasteiger partial charge in [-0.25, -0.2) is 9.18 Å². The number of benzene rings is 3. The van der Waals surface area contributed by atoms with Crippen molar-refractivity contribution in [3.63, 3.8) is 0 Å². The van der Waals surface area contributed by atoms with Gasteiger partial charge in [0.1, 0.15) is 23.7 Å². The second kappa shape index (κ2) is 10.6. The molecule has 1 aliphatic heterocycles. The number of hydrazone groups is 1. The fourth-order valence-corrected chi connectivity index (χ4v) is 3.64. The standard InChI is InChI=1S/C26H22F3N3O5/c1-26(18-6-10-20(11-7-18)37-24(28)29)23(33)32(25(34)31-26)30-14-17-5-12-21(22(13-17)35-2)36-15-16-3-8-19(27)9-4-16/h3-14,24H,15H2,1-2H3,(H,31,34)/b30-14-/t26-/m1/s1. The van der Waals surface area contributed by atoms with Crippen molar-refractivity contribution in [1.82, 2.24) is 10.3 Å². The highest BCUT2D eigenvalue weighted by Crippen LogP contribution is 2.31. The molecule has 3 amide bonds. The Morgan fingerprint density at radius 3 is 2.38 bits per heavy atom. The van der Waals surface area contributed by atoms with E-state index in [4.69, 9.17) is 9.47 Å². The number of hydrogen-bond donors (Lipinski definition) is 1. The number of imide groups is 1. The van der Waals surface area contributed by atoms with Crippen LogP contribution in [0, 0.1) is 5.82 Å². The van der Waals surface area contributed by atoms with E-state index < -0.39 is 24.1 Å². The molecule has 0 saturated carbocycles. The molecule has 3 aromatic rings. The number of halogens is 3. The molecule has 0 spiro atoms. The zero-order valence-corrected chi connectivity index (χ0v) is 19.8. The summed E-state index contributed by atoms with van der Waals surface area (Å²) in [7, 11) is 1.46. The van der Waals surface area contributed by atoms with Crippen molar-refractivity contribution in [2.24, 2.45) is 5.10 Å². The lowest BCUT2D eigenvalue weighted by Gasteiger charge is -2.21. The zero-order chi connectivity index (χ0) is 26.6. The molecule has 0 bridgehead atoms. The van der Waals surface area contributed by atoms with Gasteiger partial charge < -0.3 is 19.5 Å². The monoisotopic (exact) mass is 513 g/mol. The average Bonchev–Trinajstić information content (AvgIpc) is 3.10. The largest absolute Gasteiger partial charge is 0.493 e. The van der Waals surface area contributed by atoms with Crippen LogP contribution < -0.4 is 19.5 Å². The maximum absolute atomic E-state index is 13.1. The zero-order valence-electron chi connectivity index (χ0n) is 19.8. The number of alkyl halides is 2. The van der Waals surface area contributed by atoms with Crippen molar-refractivity contribution in [3.05, 3.63) is 89.2 Å². The fraction of sp³-hybridized carbons (Fsp3) is 0.192. The van der Waals surface area contributed by atoms with Gasteiger partial charge in [-0.3, -0.25) is 4.79 Å². The van der Waals surface area contributed by atoms with Crippen LogP contribution in [-0.2, 0) is 16.9 Å². The second-order valence-corrected chi connectivity index (χ2v) is 8.14. The summed E-state index contributed by atoms with van der Waals surface area (Å²) >= 11 is 0. The fourth-order valence-electron chi connectivity index (χ4n) is 3.64. The third-order valence-corrected chi connectivity index (χ3v) is 5.64. The molecule has 0 unspecified atom stereocenters. The Morgan fingerprint density at radius 1 is 1.03 bits per heavy atom. The Labute approximate surface area is 210 Å². The van der Waals surface area contributed by atoms with E-state index in [1.165, 1.54) is 56.6 Å². The van der Waals surface area contributed by atoms with Gasteiger partial charge in [-0.2, -0.15) is 13.9 Å². The molecule has 1 fully saturated rings. The van der Waals surface area contributed by atoms with E-state index in [9.17, 15) is 22.8 Å². The molecule has 37 heavy (non-hydrogen) atoms. The third-order valence-electron chi connectivity index (χ3n) is 5.64. The van der Waals surface area contributed by atoms with Gasteiger partial charge in [-0.15, -0.1) is 5.01 Å². The molecular weight excluding hydrogens is 491 g/mol. The van der Waals surface area contributed by atoms with Crippen molar-refractivity contribution < 1.29 is 37.0 Å². The summed E-state index contributed by atoms with van der Waals surface area (Å²) in [6, 6.07) is 15.5. The Bertz CT molecular complexity index is 1320. The van der Waals surface area contributed by atoms with Gasteiger partial charge in [-0.05, 0) is 66.1 Å². The first-order valence-electron chi connectivity index (χ1n) is 11.0. The molecule has 11 heteroatoms. The second-order valence-electron chi connectivity index (χ2n) is 8.14. The molecule has 3 aromatic carbocycles. The number of carbonyl (C=O) groups excluding carboxylic acids is 2. The normalized spacial score (nSPS) is 17.4. The summed E-state index contributed by atoms with van der Waals surface area (Å²) in [6.07, 6.45) is 1.31. The van der Waals surface area contributed by atoms with Crippen LogP contribution in [0.2, 0.25) is 0 Å². The minimum absolute atomic E-state index is 0.0759. The molecule has 0 aliphatic carbocycles. The van der Waals surface area contributed by atoms with Crippen molar-refractivity contribution in [2.45, 2.75) is 25.7 Å². The Hall–Kier alpha value is -4.54. The van der Waals surface area contributed by atoms with Crippen molar-refractivity contribution in [2.75, 3.05) is 7.11 Å². The minimum atomic E-state index is -2.98. The number of nitrogens with zero attached hydrogens (tertiary/aromatic N) is 2. The van der Waals surface area contributed by atoms with Crippen LogP contribution in [0.4, 0.5) is 18.0 Å². The predicted octanol–water partition coefficient (Wildman–Crippen LogP) is 4.82. The first-order chi connectivity index (χ1) is 17.7. The number of rotatable bonds is 9. The van der Waals surface area contributed by atoms with Crippen LogP contribution in [0.3, 0.4) is 0 Å². The Morgan fingerprint density at radius 2 is 1.73 bits per heavy atom. The molecular formula is C26H22F3N3O5. The highest BCUT2D eigenvalue weighted by molar-refractivity contribution is 6.07. The summed E-state index contributed by atoms with van der Waals surface area (Å²) < 4.78 is 53.3. The number of amides is 3. The van der Waals surface area contributed by atoms with E-state index in [0.29, 0.717) is 27.6 Å². The summed E-state index contributed by atoms with van der Waals surface area (Å²) in [6.45, 7) is -1.30. The van der Waals surface area contributed by atoms with Crippen LogP contribution in [-0.4, -0.2) is 36.9 Å². The van der Waals surface area contributed by atoms with Crippen LogP contribution in [0.5, 0.6) is 17.2 Å². The van der Waals surface area contributed by atoms with Crippen LogP contribution >= 0.6 is 0 Å².